The van der Waals surface area contributed by atoms with Crippen molar-refractivity contribution in [3.05, 3.63) is 66.0 Å². The highest BCUT2D eigenvalue weighted by Crippen LogP contribution is 2.20. The van der Waals surface area contributed by atoms with E-state index in [1.807, 2.05) is 0 Å². The maximum atomic E-state index is 12.9. The standard InChI is InChI=1S/C18H21FN2O3S/c1-14(21(25(2,23)24)17-6-4-3-5-7-17)18(22)20-13-12-15-8-10-16(19)11-9-15/h3-11,14H,12-13H2,1-2H3,(H,20,22)/t14-/m1/s1. The van der Waals surface area contributed by atoms with Gasteiger partial charge in [-0.3, -0.25) is 9.10 Å². The average molecular weight is 364 g/mol. The van der Waals surface area contributed by atoms with Crippen LogP contribution < -0.4 is 9.62 Å². The molecule has 0 aliphatic rings. The highest BCUT2D eigenvalue weighted by Gasteiger charge is 2.28. The molecular weight excluding hydrogens is 343 g/mol. The van der Waals surface area contributed by atoms with E-state index in [9.17, 15) is 17.6 Å². The van der Waals surface area contributed by atoms with Crippen molar-refractivity contribution in [3.63, 3.8) is 0 Å². The molecule has 1 amide bonds. The fraction of sp³-hybridized carbons (Fsp3) is 0.278. The molecule has 1 atom stereocenters. The molecule has 0 aromatic heterocycles. The van der Waals surface area contributed by atoms with Gasteiger partial charge in [-0.1, -0.05) is 30.3 Å². The molecule has 25 heavy (non-hydrogen) atoms. The number of halogens is 1. The van der Waals surface area contributed by atoms with Crippen LogP contribution in [0, 0.1) is 5.82 Å². The van der Waals surface area contributed by atoms with Crippen LogP contribution in [0.4, 0.5) is 10.1 Å². The van der Waals surface area contributed by atoms with Gasteiger partial charge in [0.05, 0.1) is 11.9 Å². The molecule has 0 heterocycles. The summed E-state index contributed by atoms with van der Waals surface area (Å²) in [5.74, 6) is -0.704. The lowest BCUT2D eigenvalue weighted by Crippen LogP contribution is -2.48. The number of hydrogen-bond acceptors (Lipinski definition) is 3. The van der Waals surface area contributed by atoms with Gasteiger partial charge in [-0.2, -0.15) is 0 Å². The van der Waals surface area contributed by atoms with Crippen LogP contribution in [-0.2, 0) is 21.2 Å². The van der Waals surface area contributed by atoms with E-state index in [0.29, 0.717) is 18.7 Å². The molecule has 0 aliphatic heterocycles. The lowest BCUT2D eigenvalue weighted by Gasteiger charge is -2.28. The summed E-state index contributed by atoms with van der Waals surface area (Å²) in [5, 5.41) is 2.73. The van der Waals surface area contributed by atoms with E-state index >= 15 is 0 Å². The number of amides is 1. The first-order chi connectivity index (χ1) is 11.8. The molecule has 7 heteroatoms. The van der Waals surface area contributed by atoms with Gasteiger partial charge in [-0.25, -0.2) is 12.8 Å². The van der Waals surface area contributed by atoms with Crippen molar-refractivity contribution in [2.24, 2.45) is 0 Å². The number of carbonyl (C=O) groups excluding carboxylic acids is 1. The van der Waals surface area contributed by atoms with Gasteiger partial charge in [0.1, 0.15) is 11.9 Å². The Bertz CT molecular complexity index is 808. The van der Waals surface area contributed by atoms with Gasteiger partial charge in [0.25, 0.3) is 0 Å². The van der Waals surface area contributed by atoms with Crippen molar-refractivity contribution in [3.8, 4) is 0 Å². The number of nitrogens with one attached hydrogen (secondary N) is 1. The summed E-state index contributed by atoms with van der Waals surface area (Å²) in [6, 6.07) is 13.6. The first kappa shape index (κ1) is 18.9. The van der Waals surface area contributed by atoms with Gasteiger partial charge in [-0.15, -0.1) is 0 Å². The van der Waals surface area contributed by atoms with Gasteiger partial charge in [0.2, 0.25) is 15.9 Å². The molecule has 0 fully saturated rings. The zero-order chi connectivity index (χ0) is 18.4. The fourth-order valence-electron chi connectivity index (χ4n) is 2.51. The molecule has 0 radical (unpaired) electrons. The van der Waals surface area contributed by atoms with Gasteiger partial charge in [0, 0.05) is 6.54 Å². The number of sulfonamides is 1. The highest BCUT2D eigenvalue weighted by atomic mass is 32.2. The van der Waals surface area contributed by atoms with Crippen molar-refractivity contribution in [1.29, 1.82) is 0 Å². The van der Waals surface area contributed by atoms with Gasteiger partial charge >= 0.3 is 0 Å². The molecule has 5 nitrogen and oxygen atoms in total. The molecule has 0 spiro atoms. The predicted molar refractivity (Wildman–Crippen MR) is 96.3 cm³/mol. The molecule has 0 saturated heterocycles. The molecule has 0 aliphatic carbocycles. The van der Waals surface area contributed by atoms with E-state index in [0.717, 1.165) is 16.1 Å². The Morgan fingerprint density at radius 2 is 1.72 bits per heavy atom. The number of benzene rings is 2. The second-order valence-electron chi connectivity index (χ2n) is 5.74. The number of hydrogen-bond donors (Lipinski definition) is 1. The molecule has 0 bridgehead atoms. The van der Waals surface area contributed by atoms with E-state index < -0.39 is 22.0 Å². The van der Waals surface area contributed by atoms with Crippen LogP contribution in [0.3, 0.4) is 0 Å². The number of rotatable bonds is 7. The maximum Gasteiger partial charge on any atom is 0.243 e. The van der Waals surface area contributed by atoms with Crippen molar-refractivity contribution in [2.45, 2.75) is 19.4 Å². The Morgan fingerprint density at radius 1 is 1.12 bits per heavy atom. The van der Waals surface area contributed by atoms with Crippen molar-refractivity contribution < 1.29 is 17.6 Å². The monoisotopic (exact) mass is 364 g/mol. The smallest absolute Gasteiger partial charge is 0.243 e. The predicted octanol–water partition coefficient (Wildman–Crippen LogP) is 2.34. The minimum Gasteiger partial charge on any atom is -0.354 e. The van der Waals surface area contributed by atoms with Crippen LogP contribution in [0.1, 0.15) is 12.5 Å². The first-order valence-electron chi connectivity index (χ1n) is 7.85. The Balaban J connectivity index is 2.02. The summed E-state index contributed by atoms with van der Waals surface area (Å²) in [6.45, 7) is 1.88. The topological polar surface area (TPSA) is 66.5 Å². The van der Waals surface area contributed by atoms with Gasteiger partial charge < -0.3 is 5.32 Å². The van der Waals surface area contributed by atoms with E-state index in [1.54, 1.807) is 49.4 Å². The van der Waals surface area contributed by atoms with E-state index in [4.69, 9.17) is 0 Å². The third kappa shape index (κ3) is 5.29. The fourth-order valence-corrected chi connectivity index (χ4v) is 3.69. The van der Waals surface area contributed by atoms with Crippen LogP contribution in [0.25, 0.3) is 0 Å². The normalized spacial score (nSPS) is 12.4. The number of anilines is 1. The quantitative estimate of drug-likeness (QED) is 0.820. The van der Waals surface area contributed by atoms with E-state index in [-0.39, 0.29) is 5.82 Å². The minimum absolute atomic E-state index is 0.312. The van der Waals surface area contributed by atoms with Gasteiger partial charge in [-0.05, 0) is 43.2 Å². The molecule has 2 aromatic carbocycles. The lowest BCUT2D eigenvalue weighted by atomic mass is 10.1. The van der Waals surface area contributed by atoms with Crippen molar-refractivity contribution >= 4 is 21.6 Å². The summed E-state index contributed by atoms with van der Waals surface area (Å²) in [4.78, 5) is 12.4. The number of nitrogens with zero attached hydrogens (tertiary/aromatic N) is 1. The minimum atomic E-state index is -3.61. The maximum absolute atomic E-state index is 12.9. The molecule has 0 unspecified atom stereocenters. The van der Waals surface area contributed by atoms with Crippen LogP contribution in [0.15, 0.2) is 54.6 Å². The van der Waals surface area contributed by atoms with Crippen LogP contribution in [-0.4, -0.2) is 33.2 Å². The van der Waals surface area contributed by atoms with E-state index in [1.165, 1.54) is 12.1 Å². The second kappa shape index (κ2) is 8.11. The number of para-hydroxylation sites is 1. The van der Waals surface area contributed by atoms with E-state index in [2.05, 4.69) is 5.32 Å². The van der Waals surface area contributed by atoms with Crippen molar-refractivity contribution in [2.75, 3.05) is 17.1 Å². The molecule has 0 saturated carbocycles. The third-order valence-corrected chi connectivity index (χ3v) is 4.97. The van der Waals surface area contributed by atoms with Crippen LogP contribution in [0.5, 0.6) is 0 Å². The number of carbonyl (C=O) groups is 1. The lowest BCUT2D eigenvalue weighted by molar-refractivity contribution is -0.121. The molecule has 2 aromatic rings. The van der Waals surface area contributed by atoms with Crippen LogP contribution in [0.2, 0.25) is 0 Å². The first-order valence-corrected chi connectivity index (χ1v) is 9.70. The molecular formula is C18H21FN2O3S. The Labute approximate surface area is 147 Å². The zero-order valence-corrected chi connectivity index (χ0v) is 15.0. The molecule has 2 rings (SSSR count). The second-order valence-corrected chi connectivity index (χ2v) is 7.60. The Kier molecular flexibility index (Phi) is 6.14. The third-order valence-electron chi connectivity index (χ3n) is 3.73. The largest absolute Gasteiger partial charge is 0.354 e. The highest BCUT2D eigenvalue weighted by molar-refractivity contribution is 7.92. The molecule has 134 valence electrons. The summed E-state index contributed by atoms with van der Waals surface area (Å²) < 4.78 is 38.2. The SMILES string of the molecule is C[C@H](C(=O)NCCc1ccc(F)cc1)N(c1ccccc1)S(C)(=O)=O. The van der Waals surface area contributed by atoms with Crippen molar-refractivity contribution in [1.82, 2.24) is 5.32 Å². The summed E-state index contributed by atoms with van der Waals surface area (Å²) in [6.07, 6.45) is 1.60. The van der Waals surface area contributed by atoms with Crippen LogP contribution >= 0.6 is 0 Å². The Morgan fingerprint density at radius 3 is 2.28 bits per heavy atom. The summed E-state index contributed by atoms with van der Waals surface area (Å²) in [5.41, 5.74) is 1.32. The van der Waals surface area contributed by atoms with Gasteiger partial charge in [0.15, 0.2) is 0 Å². The zero-order valence-electron chi connectivity index (χ0n) is 14.1. The average Bonchev–Trinajstić information content (AvgIpc) is 2.56. The Hall–Kier alpha value is -2.41. The molecule has 1 N–H and O–H groups in total. The summed E-state index contributed by atoms with van der Waals surface area (Å²) >= 11 is 0. The summed E-state index contributed by atoms with van der Waals surface area (Å²) in [7, 11) is -3.61.